The summed E-state index contributed by atoms with van der Waals surface area (Å²) in [5.41, 5.74) is 15.2. The highest BCUT2D eigenvalue weighted by molar-refractivity contribution is 6.30. The number of tetrazole rings is 1. The maximum absolute atomic E-state index is 13.1. The first-order valence-electron chi connectivity index (χ1n) is 14.6. The summed E-state index contributed by atoms with van der Waals surface area (Å²) >= 11 is 6.60. The lowest BCUT2D eigenvalue weighted by atomic mass is 9.98. The number of benzene rings is 2. The second-order valence-corrected chi connectivity index (χ2v) is 10.7. The van der Waals surface area contributed by atoms with E-state index in [1.165, 1.54) is 0 Å². The molecule has 0 aliphatic heterocycles. The van der Waals surface area contributed by atoms with Crippen molar-refractivity contribution < 1.29 is 19.4 Å². The van der Waals surface area contributed by atoms with E-state index < -0.39 is 18.0 Å². The van der Waals surface area contributed by atoms with Crippen LogP contribution in [0.15, 0.2) is 53.5 Å². The molecular weight excluding hydrogens is 600 g/mol. The predicted molar refractivity (Wildman–Crippen MR) is 169 cm³/mol. The molecule has 14 nitrogen and oxygen atoms in total. The van der Waals surface area contributed by atoms with Crippen LogP contribution in [-0.2, 0) is 33.9 Å². The molecule has 0 saturated carbocycles. The van der Waals surface area contributed by atoms with Gasteiger partial charge in [-0.05, 0) is 41.2 Å². The number of aliphatic carboxylic acids is 1. The molecule has 7 N–H and O–H groups in total. The molecule has 0 unspecified atom stereocenters. The number of nitrogens with zero attached hydrogens (tertiary/aromatic N) is 6. The summed E-state index contributed by atoms with van der Waals surface area (Å²) in [5, 5.41) is 26.6. The zero-order valence-electron chi connectivity index (χ0n) is 24.9. The molecule has 0 aliphatic rings. The van der Waals surface area contributed by atoms with Gasteiger partial charge in [0.2, 0.25) is 5.82 Å². The largest absolute Gasteiger partial charge is 0.481 e. The van der Waals surface area contributed by atoms with E-state index in [-0.39, 0.29) is 43.7 Å². The minimum atomic E-state index is -0.953. The van der Waals surface area contributed by atoms with E-state index in [1.807, 2.05) is 53.1 Å². The number of H-pyrrole nitrogens is 1. The van der Waals surface area contributed by atoms with E-state index in [2.05, 4.69) is 42.8 Å². The van der Waals surface area contributed by atoms with Crippen molar-refractivity contribution in [1.29, 1.82) is 0 Å². The number of aryl methyl sites for hydroxylation is 1. The monoisotopic (exact) mass is 636 g/mol. The van der Waals surface area contributed by atoms with Gasteiger partial charge in [-0.2, -0.15) is 5.21 Å². The Balaban J connectivity index is 1.52. The van der Waals surface area contributed by atoms with Gasteiger partial charge in [0.1, 0.15) is 18.5 Å². The van der Waals surface area contributed by atoms with Crippen molar-refractivity contribution in [1.82, 2.24) is 35.5 Å². The molecule has 0 bridgehead atoms. The Labute approximate surface area is 265 Å². The van der Waals surface area contributed by atoms with Crippen molar-refractivity contribution >= 4 is 29.5 Å². The predicted octanol–water partition coefficient (Wildman–Crippen LogP) is 3.26. The smallest absolute Gasteiger partial charge is 0.323 e. The second kappa shape index (κ2) is 16.3. The average Bonchev–Trinajstić information content (AvgIpc) is 3.66. The van der Waals surface area contributed by atoms with Crippen LogP contribution in [0.25, 0.3) is 22.5 Å². The van der Waals surface area contributed by atoms with Crippen LogP contribution in [0.4, 0.5) is 0 Å². The van der Waals surface area contributed by atoms with Gasteiger partial charge < -0.3 is 25.9 Å². The van der Waals surface area contributed by atoms with Crippen LogP contribution in [0.5, 0.6) is 0 Å². The van der Waals surface area contributed by atoms with Crippen molar-refractivity contribution in [3.8, 4) is 22.5 Å². The molecule has 238 valence electrons. The van der Waals surface area contributed by atoms with Crippen LogP contribution in [0.2, 0.25) is 5.15 Å². The van der Waals surface area contributed by atoms with E-state index in [0.717, 1.165) is 40.9 Å². The van der Waals surface area contributed by atoms with Gasteiger partial charge in [0.05, 0.1) is 12.4 Å². The van der Waals surface area contributed by atoms with Gasteiger partial charge in [-0.1, -0.05) is 73.5 Å². The first-order chi connectivity index (χ1) is 21.8. The summed E-state index contributed by atoms with van der Waals surface area (Å²) in [7, 11) is 0. The van der Waals surface area contributed by atoms with E-state index in [0.29, 0.717) is 24.5 Å². The molecule has 0 spiro atoms. The number of rotatable bonds is 17. The number of unbranched alkanes of at least 4 members (excludes halogenated alkanes) is 1. The molecule has 4 aromatic rings. The number of nitrogens with two attached hydrogens (primary N) is 2. The number of imidazole rings is 1. The van der Waals surface area contributed by atoms with Crippen LogP contribution in [-0.4, -0.2) is 65.9 Å². The van der Waals surface area contributed by atoms with E-state index in [4.69, 9.17) is 32.9 Å². The zero-order valence-corrected chi connectivity index (χ0v) is 25.7. The number of hydrogen-bond donors (Lipinski definition) is 5. The van der Waals surface area contributed by atoms with Crippen molar-refractivity contribution in [3.63, 3.8) is 0 Å². The van der Waals surface area contributed by atoms with Crippen LogP contribution < -0.4 is 16.8 Å². The maximum Gasteiger partial charge on any atom is 0.323 e. The lowest BCUT2D eigenvalue weighted by Gasteiger charge is -2.18. The van der Waals surface area contributed by atoms with Crippen molar-refractivity contribution in [3.05, 3.63) is 70.8 Å². The van der Waals surface area contributed by atoms with Crippen molar-refractivity contribution in [2.75, 3.05) is 6.67 Å². The number of carbonyl (C=O) groups excluding carboxylic acids is 1. The van der Waals surface area contributed by atoms with E-state index >= 15 is 0 Å². The Hall–Kier alpha value is -4.82. The molecule has 2 aromatic carbocycles. The molecule has 15 heteroatoms. The van der Waals surface area contributed by atoms with Crippen molar-refractivity contribution in [2.45, 2.75) is 64.6 Å². The first-order valence-corrected chi connectivity index (χ1v) is 15.0. The number of esters is 1. The summed E-state index contributed by atoms with van der Waals surface area (Å²) in [5.74, 6) is -0.360. The molecule has 1 atom stereocenters. The summed E-state index contributed by atoms with van der Waals surface area (Å²) in [6.45, 7) is 2.42. The molecule has 0 radical (unpaired) electrons. The third-order valence-corrected chi connectivity index (χ3v) is 7.40. The van der Waals surface area contributed by atoms with Crippen molar-refractivity contribution in [2.24, 2.45) is 16.5 Å². The van der Waals surface area contributed by atoms with Gasteiger partial charge in [0.15, 0.2) is 11.1 Å². The van der Waals surface area contributed by atoms with Gasteiger partial charge in [-0.3, -0.25) is 14.9 Å². The summed E-state index contributed by atoms with van der Waals surface area (Å²) < 4.78 is 7.67. The molecule has 0 fully saturated rings. The van der Waals surface area contributed by atoms with Gasteiger partial charge in [-0.25, -0.2) is 9.98 Å². The fourth-order valence-corrected chi connectivity index (χ4v) is 5.04. The zero-order chi connectivity index (χ0) is 32.2. The first kappa shape index (κ1) is 33.1. The fourth-order valence-electron chi connectivity index (χ4n) is 4.78. The van der Waals surface area contributed by atoms with Gasteiger partial charge in [-0.15, -0.1) is 10.2 Å². The molecule has 4 rings (SSSR count). The van der Waals surface area contributed by atoms with E-state index in [9.17, 15) is 9.59 Å². The van der Waals surface area contributed by atoms with Crippen LogP contribution >= 0.6 is 11.6 Å². The van der Waals surface area contributed by atoms with Gasteiger partial charge in [0.25, 0.3) is 0 Å². The highest BCUT2D eigenvalue weighted by atomic mass is 35.5. The molecule has 0 amide bonds. The molecule has 2 aromatic heterocycles. The third-order valence-electron chi connectivity index (χ3n) is 7.09. The number of halogens is 1. The average molecular weight is 637 g/mol. The lowest BCUT2D eigenvalue weighted by Crippen LogP contribution is -2.39. The Bertz CT molecular complexity index is 1580. The lowest BCUT2D eigenvalue weighted by molar-refractivity contribution is -0.148. The number of carboxylic acid groups (broad SMARTS) is 1. The molecule has 2 heterocycles. The summed E-state index contributed by atoms with van der Waals surface area (Å²) in [4.78, 5) is 32.5. The highest BCUT2D eigenvalue weighted by Gasteiger charge is 2.23. The number of carboxylic acids is 1. The summed E-state index contributed by atoms with van der Waals surface area (Å²) in [6, 6.07) is 15.1. The normalized spacial score (nSPS) is 11.7. The minimum absolute atomic E-state index is 0.0232. The number of aromatic nitrogens is 6. The Kier molecular flexibility index (Phi) is 12.0. The fraction of sp³-hybridized carbons (Fsp3) is 0.367. The Morgan fingerprint density at radius 3 is 2.56 bits per heavy atom. The topological polar surface area (TPSA) is 212 Å². The molecule has 0 saturated heterocycles. The highest BCUT2D eigenvalue weighted by Crippen LogP contribution is 2.30. The standard InChI is InChI=1S/C30H37ClN10O4/c1-2-3-10-25-36-27(31)24(17-45-29(44)23(9-6-11-26(42)43)34-18-35-30(32)33)41(25)16-19-12-14-20(15-13-19)21-7-4-5-8-22(21)28-37-39-40-38-28/h4-5,7-8,12-15,23,34H,2-3,6,9-11,16-18H2,1H3,(H,42,43)(H4,32,33,35)(H,37,38,39,40)/t23-/m1/s1. The SMILES string of the molecule is CCCCc1nc(Cl)c(COC(=O)[C@@H](CCCC(=O)O)NCN=C(N)N)n1Cc1ccc(-c2ccccc2-c2nn[nH]n2)cc1. The maximum atomic E-state index is 13.1. The Morgan fingerprint density at radius 1 is 1.13 bits per heavy atom. The number of carbonyl (C=O) groups is 2. The van der Waals surface area contributed by atoms with Crippen LogP contribution in [0.1, 0.15) is 56.1 Å². The molecule has 45 heavy (non-hydrogen) atoms. The number of ether oxygens (including phenoxy) is 1. The van der Waals surface area contributed by atoms with E-state index in [1.54, 1.807) is 0 Å². The molecule has 0 aliphatic carbocycles. The third kappa shape index (κ3) is 9.33. The van der Waals surface area contributed by atoms with Gasteiger partial charge in [0, 0.05) is 24.9 Å². The van der Waals surface area contributed by atoms with Crippen LogP contribution in [0, 0.1) is 0 Å². The van der Waals surface area contributed by atoms with Crippen LogP contribution in [0.3, 0.4) is 0 Å². The number of guanidine groups is 1. The number of aromatic amines is 1. The minimum Gasteiger partial charge on any atom is -0.481 e. The molecular formula is C30H37ClN10O4. The number of hydrogen-bond acceptors (Lipinski definition) is 9. The number of aliphatic imine (C=N–C) groups is 1. The number of nitrogens with one attached hydrogen (secondary N) is 2. The van der Waals surface area contributed by atoms with Gasteiger partial charge >= 0.3 is 11.9 Å². The Morgan fingerprint density at radius 2 is 1.89 bits per heavy atom. The quantitative estimate of drug-likeness (QED) is 0.0644. The summed E-state index contributed by atoms with van der Waals surface area (Å²) in [6.07, 6.45) is 3.00. The second-order valence-electron chi connectivity index (χ2n) is 10.3.